The predicted octanol–water partition coefficient (Wildman–Crippen LogP) is 2.24. The van der Waals surface area contributed by atoms with Gasteiger partial charge in [-0.25, -0.2) is 0 Å². The molecule has 2 aromatic rings. The first-order valence-electron chi connectivity index (χ1n) is 6.66. The van der Waals surface area contributed by atoms with Crippen molar-refractivity contribution in [1.29, 1.82) is 0 Å². The van der Waals surface area contributed by atoms with Crippen LogP contribution in [0.2, 0.25) is 0 Å². The van der Waals surface area contributed by atoms with Crippen LogP contribution in [0, 0.1) is 0 Å². The van der Waals surface area contributed by atoms with Crippen molar-refractivity contribution in [3.8, 4) is 5.75 Å². The Bertz CT molecular complexity index is 587. The Kier molecular flexibility index (Phi) is 5.04. The molecule has 0 fully saturated rings. The second-order valence-corrected chi connectivity index (χ2v) is 4.54. The highest BCUT2D eigenvalue weighted by Crippen LogP contribution is 2.22. The summed E-state index contributed by atoms with van der Waals surface area (Å²) in [6, 6.07) is 16.6. The first kappa shape index (κ1) is 14.7. The van der Waals surface area contributed by atoms with Crippen LogP contribution in [0.4, 0.5) is 11.4 Å². The van der Waals surface area contributed by atoms with Crippen LogP contribution in [0.3, 0.4) is 0 Å². The molecule has 0 radical (unpaired) electrons. The molecule has 0 heterocycles. The van der Waals surface area contributed by atoms with Crippen LogP contribution in [0.5, 0.6) is 5.75 Å². The number of nitrogens with zero attached hydrogens (tertiary/aromatic N) is 1. The predicted molar refractivity (Wildman–Crippen MR) is 82.6 cm³/mol. The Balaban J connectivity index is 2.00. The van der Waals surface area contributed by atoms with Gasteiger partial charge < -0.3 is 20.5 Å². The molecule has 0 aromatic heterocycles. The molecule has 0 amide bonds. The first-order valence-corrected chi connectivity index (χ1v) is 6.66. The molecule has 110 valence electrons. The maximum absolute atomic E-state index is 11.0. The fourth-order valence-electron chi connectivity index (χ4n) is 2.01. The van der Waals surface area contributed by atoms with E-state index >= 15 is 0 Å². The number of aliphatic carboxylic acids is 1. The number of ether oxygens (including phenoxy) is 1. The summed E-state index contributed by atoms with van der Waals surface area (Å²) < 4.78 is 5.60. The molecule has 0 unspecified atom stereocenters. The van der Waals surface area contributed by atoms with Gasteiger partial charge in [0.2, 0.25) is 0 Å². The third kappa shape index (κ3) is 4.42. The molecule has 2 aromatic carbocycles. The Morgan fingerprint density at radius 3 is 2.43 bits per heavy atom. The fourth-order valence-corrected chi connectivity index (χ4v) is 2.01. The smallest absolute Gasteiger partial charge is 0.323 e. The van der Waals surface area contributed by atoms with E-state index in [9.17, 15) is 4.79 Å². The molecule has 0 atom stereocenters. The van der Waals surface area contributed by atoms with Crippen LogP contribution in [-0.4, -0.2) is 30.8 Å². The lowest BCUT2D eigenvalue weighted by Crippen LogP contribution is -2.33. The highest BCUT2D eigenvalue weighted by molar-refractivity contribution is 5.77. The van der Waals surface area contributed by atoms with Crippen LogP contribution in [0.1, 0.15) is 0 Å². The van der Waals surface area contributed by atoms with Gasteiger partial charge in [0.25, 0.3) is 0 Å². The van der Waals surface area contributed by atoms with Crippen molar-refractivity contribution in [2.24, 2.45) is 0 Å². The van der Waals surface area contributed by atoms with Gasteiger partial charge >= 0.3 is 5.97 Å². The molecule has 3 N–H and O–H groups in total. The third-order valence-electron chi connectivity index (χ3n) is 2.98. The van der Waals surface area contributed by atoms with Crippen molar-refractivity contribution in [2.75, 3.05) is 30.3 Å². The van der Waals surface area contributed by atoms with Crippen molar-refractivity contribution < 1.29 is 14.6 Å². The van der Waals surface area contributed by atoms with Crippen molar-refractivity contribution in [3.05, 3.63) is 54.6 Å². The highest BCUT2D eigenvalue weighted by Gasteiger charge is 2.13. The van der Waals surface area contributed by atoms with Crippen LogP contribution in [0.25, 0.3) is 0 Å². The molecular formula is C16H18N2O3. The van der Waals surface area contributed by atoms with Gasteiger partial charge in [0.05, 0.1) is 17.9 Å². The molecule has 21 heavy (non-hydrogen) atoms. The lowest BCUT2D eigenvalue weighted by Gasteiger charge is -2.24. The highest BCUT2D eigenvalue weighted by atomic mass is 16.5. The van der Waals surface area contributed by atoms with Crippen LogP contribution in [0.15, 0.2) is 54.6 Å². The standard InChI is InChI=1S/C16H18N2O3/c17-14-8-4-5-9-15(14)18(12-16(19)20)10-11-21-13-6-2-1-3-7-13/h1-9H,10-12,17H2,(H,19,20). The number of nitrogen functional groups attached to an aromatic ring is 1. The lowest BCUT2D eigenvalue weighted by atomic mass is 10.2. The minimum absolute atomic E-state index is 0.119. The summed E-state index contributed by atoms with van der Waals surface area (Å²) in [4.78, 5) is 12.7. The molecule has 0 aliphatic heterocycles. The zero-order valence-corrected chi connectivity index (χ0v) is 11.6. The number of carboxylic acids is 1. The van der Waals surface area contributed by atoms with Gasteiger partial charge in [-0.05, 0) is 24.3 Å². The minimum atomic E-state index is -0.905. The summed E-state index contributed by atoms with van der Waals surface area (Å²) in [5.41, 5.74) is 7.16. The largest absolute Gasteiger partial charge is 0.492 e. The van der Waals surface area contributed by atoms with E-state index < -0.39 is 5.97 Å². The summed E-state index contributed by atoms with van der Waals surface area (Å²) in [5.74, 6) is -0.147. The number of benzene rings is 2. The van der Waals surface area contributed by atoms with Crippen LogP contribution in [-0.2, 0) is 4.79 Å². The Hall–Kier alpha value is -2.69. The Labute approximate surface area is 123 Å². The van der Waals surface area contributed by atoms with Gasteiger partial charge in [0.15, 0.2) is 0 Å². The van der Waals surface area contributed by atoms with E-state index in [1.165, 1.54) is 0 Å². The summed E-state index contributed by atoms with van der Waals surface area (Å²) >= 11 is 0. The zero-order chi connectivity index (χ0) is 15.1. The first-order chi connectivity index (χ1) is 10.2. The van der Waals surface area contributed by atoms with E-state index in [4.69, 9.17) is 15.6 Å². The normalized spacial score (nSPS) is 10.1. The van der Waals surface area contributed by atoms with Crippen molar-refractivity contribution in [3.63, 3.8) is 0 Å². The quantitative estimate of drug-likeness (QED) is 0.763. The third-order valence-corrected chi connectivity index (χ3v) is 2.98. The van der Waals surface area contributed by atoms with Gasteiger partial charge in [-0.1, -0.05) is 30.3 Å². The second kappa shape index (κ2) is 7.19. The van der Waals surface area contributed by atoms with E-state index in [1.807, 2.05) is 42.5 Å². The summed E-state index contributed by atoms with van der Waals surface area (Å²) in [6.07, 6.45) is 0. The van der Waals surface area contributed by atoms with Crippen LogP contribution < -0.4 is 15.4 Å². The van der Waals surface area contributed by atoms with Crippen molar-refractivity contribution in [2.45, 2.75) is 0 Å². The van der Waals surface area contributed by atoms with Crippen molar-refractivity contribution in [1.82, 2.24) is 0 Å². The number of carboxylic acid groups (broad SMARTS) is 1. The molecule has 0 bridgehead atoms. The fraction of sp³-hybridized carbons (Fsp3) is 0.188. The average Bonchev–Trinajstić information content (AvgIpc) is 2.47. The molecule has 0 saturated heterocycles. The molecule has 0 saturated carbocycles. The number of hydrogen-bond acceptors (Lipinski definition) is 4. The van der Waals surface area contributed by atoms with Gasteiger partial charge in [-0.2, -0.15) is 0 Å². The SMILES string of the molecule is Nc1ccccc1N(CCOc1ccccc1)CC(=O)O. The second-order valence-electron chi connectivity index (χ2n) is 4.54. The number of para-hydroxylation sites is 3. The molecule has 5 nitrogen and oxygen atoms in total. The Morgan fingerprint density at radius 2 is 1.76 bits per heavy atom. The summed E-state index contributed by atoms with van der Waals surface area (Å²) in [6.45, 7) is 0.702. The number of nitrogens with two attached hydrogens (primary N) is 1. The molecule has 5 heteroatoms. The van der Waals surface area contributed by atoms with Crippen molar-refractivity contribution >= 4 is 17.3 Å². The zero-order valence-electron chi connectivity index (χ0n) is 11.6. The van der Waals surface area contributed by atoms with E-state index in [0.717, 1.165) is 5.75 Å². The monoisotopic (exact) mass is 286 g/mol. The molecular weight excluding hydrogens is 268 g/mol. The average molecular weight is 286 g/mol. The van der Waals surface area contributed by atoms with Gasteiger partial charge in [0.1, 0.15) is 18.9 Å². The maximum atomic E-state index is 11.0. The molecule has 0 aliphatic rings. The minimum Gasteiger partial charge on any atom is -0.492 e. The van der Waals surface area contributed by atoms with Gasteiger partial charge in [-0.15, -0.1) is 0 Å². The number of anilines is 2. The number of hydrogen-bond donors (Lipinski definition) is 2. The maximum Gasteiger partial charge on any atom is 0.323 e. The van der Waals surface area contributed by atoms with E-state index in [-0.39, 0.29) is 6.54 Å². The molecule has 2 rings (SSSR count). The topological polar surface area (TPSA) is 75.8 Å². The van der Waals surface area contributed by atoms with E-state index in [2.05, 4.69) is 0 Å². The molecule has 0 aliphatic carbocycles. The van der Waals surface area contributed by atoms with Crippen LogP contribution >= 0.6 is 0 Å². The van der Waals surface area contributed by atoms with Gasteiger partial charge in [0, 0.05) is 0 Å². The summed E-state index contributed by atoms with van der Waals surface area (Å²) in [5, 5.41) is 9.03. The van der Waals surface area contributed by atoms with E-state index in [0.29, 0.717) is 24.5 Å². The van der Waals surface area contributed by atoms with E-state index in [1.54, 1.807) is 17.0 Å². The van der Waals surface area contributed by atoms with Gasteiger partial charge in [-0.3, -0.25) is 4.79 Å². The summed E-state index contributed by atoms with van der Waals surface area (Å²) in [7, 11) is 0. The molecule has 0 spiro atoms. The number of rotatable bonds is 7. The lowest BCUT2D eigenvalue weighted by molar-refractivity contribution is -0.135. The number of carbonyl (C=O) groups is 1. The Morgan fingerprint density at radius 1 is 1.10 bits per heavy atom.